The maximum atomic E-state index is 13.4. The van der Waals surface area contributed by atoms with E-state index in [1.165, 1.54) is 43.1 Å². The number of non-ortho nitro benzene ring substituents is 1. The molecule has 5 rings (SSSR count). The van der Waals surface area contributed by atoms with Gasteiger partial charge in [-0.05, 0) is 31.2 Å². The number of thioether (sulfide) groups is 1. The van der Waals surface area contributed by atoms with Crippen LogP contribution >= 0.6 is 27.7 Å². The highest BCUT2D eigenvalue weighted by Crippen LogP contribution is 2.57. The van der Waals surface area contributed by atoms with E-state index in [-0.39, 0.29) is 24.8 Å². The van der Waals surface area contributed by atoms with Gasteiger partial charge in [0.15, 0.2) is 12.3 Å². The van der Waals surface area contributed by atoms with E-state index in [0.717, 1.165) is 0 Å². The van der Waals surface area contributed by atoms with Crippen LogP contribution in [0.1, 0.15) is 12.5 Å². The summed E-state index contributed by atoms with van der Waals surface area (Å²) in [6.07, 6.45) is 0. The first-order chi connectivity index (χ1) is 17.6. The molecule has 3 aliphatic heterocycles. The molecule has 0 radical (unpaired) electrons. The van der Waals surface area contributed by atoms with E-state index < -0.39 is 38.3 Å². The molecule has 3 aliphatic rings. The van der Waals surface area contributed by atoms with Crippen molar-refractivity contribution in [2.45, 2.75) is 34.4 Å². The Balaban J connectivity index is 1.33. The van der Waals surface area contributed by atoms with Crippen LogP contribution in [0.2, 0.25) is 0 Å². The van der Waals surface area contributed by atoms with Crippen molar-refractivity contribution >= 4 is 45.2 Å². The van der Waals surface area contributed by atoms with Gasteiger partial charge in [-0.25, -0.2) is 0 Å². The van der Waals surface area contributed by atoms with Gasteiger partial charge >= 0.3 is 5.97 Å². The number of hydrogen-bond donors (Lipinski definition) is 1. The van der Waals surface area contributed by atoms with Crippen molar-refractivity contribution in [1.82, 2.24) is 10.2 Å². The largest absolute Gasteiger partial charge is 0.484 e. The lowest BCUT2D eigenvalue weighted by Gasteiger charge is -2.61. The summed E-state index contributed by atoms with van der Waals surface area (Å²) in [4.78, 5) is 38.1. The lowest BCUT2D eigenvalue weighted by Crippen LogP contribution is -2.82. The van der Waals surface area contributed by atoms with Gasteiger partial charge in [0.2, 0.25) is 0 Å². The minimum atomic E-state index is -1.69. The minimum absolute atomic E-state index is 0.0276. The number of carbonyl (C=O) groups excluding carboxylic acids is 2. The molecule has 13 heteroatoms. The van der Waals surface area contributed by atoms with E-state index in [9.17, 15) is 19.7 Å². The fourth-order valence-corrected chi connectivity index (χ4v) is 6.93. The molecule has 0 bridgehead atoms. The van der Waals surface area contributed by atoms with Crippen LogP contribution in [0, 0.1) is 10.1 Å². The molecule has 0 unspecified atom stereocenters. The Morgan fingerprint density at radius 3 is 2.62 bits per heavy atom. The van der Waals surface area contributed by atoms with Crippen LogP contribution in [0.25, 0.3) is 0 Å². The third-order valence-corrected chi connectivity index (χ3v) is 9.50. The van der Waals surface area contributed by atoms with Crippen molar-refractivity contribution in [3.05, 3.63) is 70.3 Å². The summed E-state index contributed by atoms with van der Waals surface area (Å²) in [6.45, 7) is 1.65. The molecule has 1 N–H and O–H groups in total. The Morgan fingerprint density at radius 1 is 1.27 bits per heavy atom. The van der Waals surface area contributed by atoms with E-state index in [4.69, 9.17) is 18.9 Å². The number of methoxy groups -OCH3 is 1. The van der Waals surface area contributed by atoms with Crippen LogP contribution in [0.3, 0.4) is 0 Å². The molecule has 2 aromatic rings. The standard InChI is InChI=1S/C24H24BrN3O8S/c1-22(25)14-37-21-19(26-18(29)12-34-17-6-4-3-5-7-17)20(30)27(21)23(22)13-35-24(33-2,36-23)15-8-10-16(11-9-15)28(31)32/h3-11,19,21H,12-14H2,1-2H3,(H,26,29)/t19-,21-,22+,23+,24+/m1/s1. The van der Waals surface area contributed by atoms with E-state index in [2.05, 4.69) is 21.2 Å². The predicted molar refractivity (Wildman–Crippen MR) is 136 cm³/mol. The van der Waals surface area contributed by atoms with Gasteiger partial charge < -0.3 is 19.5 Å². The molecule has 1 spiro atoms. The Hall–Kier alpha value is -2.71. The zero-order valence-electron chi connectivity index (χ0n) is 19.9. The van der Waals surface area contributed by atoms with Crippen molar-refractivity contribution in [1.29, 1.82) is 0 Å². The number of nitrogens with zero attached hydrogens (tertiary/aromatic N) is 2. The molecule has 196 valence electrons. The number of β-lactam (4-membered cyclic amide) rings is 1. The molecule has 5 atom stereocenters. The molecule has 0 aliphatic carbocycles. The smallest absolute Gasteiger partial charge is 0.314 e. The summed E-state index contributed by atoms with van der Waals surface area (Å²) in [5, 5.41) is 13.4. The summed E-state index contributed by atoms with van der Waals surface area (Å²) in [6, 6.07) is 13.8. The molecule has 11 nitrogen and oxygen atoms in total. The average Bonchev–Trinajstić information content (AvgIpc) is 3.30. The highest BCUT2D eigenvalue weighted by atomic mass is 79.9. The SMILES string of the molecule is CO[C@@]1(c2ccc([N+](=O)[O-])cc2)OC[C@@]2(O1)N1C(=O)[C@@H](NC(=O)COc3ccccc3)[C@H]1SC[C@]2(C)Br. The molecule has 0 aromatic heterocycles. The Labute approximate surface area is 225 Å². The second-order valence-corrected chi connectivity index (χ2v) is 11.8. The molecule has 2 amide bonds. The van der Waals surface area contributed by atoms with Crippen molar-refractivity contribution in [3.63, 3.8) is 0 Å². The zero-order chi connectivity index (χ0) is 26.4. The van der Waals surface area contributed by atoms with Crippen LogP contribution in [0.15, 0.2) is 54.6 Å². The molecular formula is C24H24BrN3O8S. The van der Waals surface area contributed by atoms with Crippen molar-refractivity contribution in [2.24, 2.45) is 0 Å². The number of ether oxygens (including phenoxy) is 4. The molecule has 3 saturated heterocycles. The lowest BCUT2D eigenvalue weighted by atomic mass is 9.91. The quantitative estimate of drug-likeness (QED) is 0.223. The van der Waals surface area contributed by atoms with Gasteiger partial charge in [-0.3, -0.25) is 29.3 Å². The predicted octanol–water partition coefficient (Wildman–Crippen LogP) is 2.73. The monoisotopic (exact) mass is 593 g/mol. The van der Waals surface area contributed by atoms with Crippen molar-refractivity contribution < 1.29 is 33.5 Å². The van der Waals surface area contributed by atoms with E-state index in [1.807, 2.05) is 13.0 Å². The fraction of sp³-hybridized carbons (Fsp3) is 0.417. The average molecular weight is 594 g/mol. The number of halogens is 1. The molecule has 2 aromatic carbocycles. The Bertz CT molecular complexity index is 1220. The van der Waals surface area contributed by atoms with Crippen molar-refractivity contribution in [3.8, 4) is 5.75 Å². The van der Waals surface area contributed by atoms with E-state index in [0.29, 0.717) is 17.1 Å². The Morgan fingerprint density at radius 2 is 1.97 bits per heavy atom. The summed E-state index contributed by atoms with van der Waals surface area (Å²) in [7, 11) is 1.40. The first-order valence-corrected chi connectivity index (χ1v) is 13.2. The van der Waals surface area contributed by atoms with Gasteiger partial charge in [0.05, 0.1) is 9.25 Å². The maximum absolute atomic E-state index is 13.4. The number of nitro groups is 1. The van der Waals surface area contributed by atoms with Crippen molar-refractivity contribution in [2.75, 3.05) is 26.1 Å². The third-order valence-electron chi connectivity index (χ3n) is 6.66. The second-order valence-electron chi connectivity index (χ2n) is 8.99. The van der Waals surface area contributed by atoms with E-state index in [1.54, 1.807) is 29.2 Å². The topological polar surface area (TPSA) is 129 Å². The summed E-state index contributed by atoms with van der Waals surface area (Å²) in [5.41, 5.74) is -0.944. The number of para-hydroxylation sites is 1. The first kappa shape index (κ1) is 25.9. The molecule has 0 saturated carbocycles. The fourth-order valence-electron chi connectivity index (χ4n) is 4.64. The van der Waals surface area contributed by atoms with Gasteiger partial charge in [0.1, 0.15) is 23.8 Å². The van der Waals surface area contributed by atoms with Gasteiger partial charge in [0.25, 0.3) is 17.5 Å². The van der Waals surface area contributed by atoms with Crippen LogP contribution in [-0.4, -0.2) is 69.2 Å². The number of amides is 2. The van der Waals surface area contributed by atoms with Gasteiger partial charge in [-0.2, -0.15) is 0 Å². The van der Waals surface area contributed by atoms with Gasteiger partial charge in [-0.1, -0.05) is 34.1 Å². The van der Waals surface area contributed by atoms with Crippen LogP contribution in [-0.2, 0) is 29.8 Å². The van der Waals surface area contributed by atoms with Crippen LogP contribution < -0.4 is 10.1 Å². The Kier molecular flexibility index (Phi) is 6.69. The highest BCUT2D eigenvalue weighted by molar-refractivity contribution is 9.10. The van der Waals surface area contributed by atoms with Crippen LogP contribution in [0.5, 0.6) is 5.75 Å². The molecule has 3 fully saturated rings. The summed E-state index contributed by atoms with van der Waals surface area (Å²) < 4.78 is 22.9. The summed E-state index contributed by atoms with van der Waals surface area (Å²) in [5.74, 6) is -1.33. The number of alkyl halides is 1. The zero-order valence-corrected chi connectivity index (χ0v) is 22.3. The lowest BCUT2D eigenvalue weighted by molar-refractivity contribution is -0.385. The minimum Gasteiger partial charge on any atom is -0.484 e. The number of fused-ring (bicyclic) bond motifs is 2. The van der Waals surface area contributed by atoms with Gasteiger partial charge in [-0.15, -0.1) is 11.8 Å². The number of benzene rings is 2. The van der Waals surface area contributed by atoms with Crippen LogP contribution in [0.4, 0.5) is 5.69 Å². The highest BCUT2D eigenvalue weighted by Gasteiger charge is 2.72. The number of nitrogens with one attached hydrogen (secondary N) is 1. The molecule has 3 heterocycles. The second kappa shape index (κ2) is 9.55. The molecule has 37 heavy (non-hydrogen) atoms. The normalized spacial score (nSPS) is 32.5. The number of hydrogen-bond acceptors (Lipinski definition) is 9. The van der Waals surface area contributed by atoms with E-state index >= 15 is 0 Å². The maximum Gasteiger partial charge on any atom is 0.314 e. The number of carbonyl (C=O) groups is 2. The summed E-state index contributed by atoms with van der Waals surface area (Å²) >= 11 is 5.25. The van der Waals surface area contributed by atoms with Gasteiger partial charge in [0, 0.05) is 30.6 Å². The third kappa shape index (κ3) is 4.28. The number of nitro benzene ring substituents is 1. The number of rotatable bonds is 7. The first-order valence-electron chi connectivity index (χ1n) is 11.4. The molecular weight excluding hydrogens is 570 g/mol.